The fourth-order valence-corrected chi connectivity index (χ4v) is 4.69. The topological polar surface area (TPSA) is 120 Å². The number of nitrogens with zero attached hydrogens (tertiary/aromatic N) is 4. The predicted molar refractivity (Wildman–Crippen MR) is 127 cm³/mol. The molecule has 1 saturated carbocycles. The molecule has 1 unspecified atom stereocenters. The van der Waals surface area contributed by atoms with Crippen molar-refractivity contribution in [2.75, 3.05) is 30.0 Å². The molecule has 1 aromatic carbocycles. The monoisotopic (exact) mass is 466 g/mol. The molecule has 2 atom stereocenters. The standard InChI is InChI=1S/C24H30N6O4/c1-3-19-20-18(12-30(19)24(32)33)27-21(28-22(20)29-10-11-34-13-14(29)2)15-4-6-16(7-5-15)25-23(31)26-17-8-9-17/h4-7,14,17,19H,3,8-13H2,1-2H3,(H,32,33)(H2,25,26,31)/t14?,19-/m0/s1. The first-order chi connectivity index (χ1) is 16.4. The summed E-state index contributed by atoms with van der Waals surface area (Å²) < 4.78 is 5.62. The smallest absolute Gasteiger partial charge is 0.408 e. The lowest BCUT2D eigenvalue weighted by atomic mass is 10.0. The van der Waals surface area contributed by atoms with Crippen LogP contribution in [-0.2, 0) is 11.3 Å². The van der Waals surface area contributed by atoms with Crippen LogP contribution < -0.4 is 15.5 Å². The summed E-state index contributed by atoms with van der Waals surface area (Å²) in [5.41, 5.74) is 3.14. The number of hydrogen-bond acceptors (Lipinski definition) is 6. The number of morpholine rings is 1. The van der Waals surface area contributed by atoms with Crippen molar-refractivity contribution in [1.29, 1.82) is 0 Å². The van der Waals surface area contributed by atoms with E-state index in [0.717, 1.165) is 35.5 Å². The number of anilines is 2. The number of aromatic nitrogens is 2. The highest BCUT2D eigenvalue weighted by molar-refractivity contribution is 5.89. The van der Waals surface area contributed by atoms with Gasteiger partial charge in [-0.05, 0) is 50.5 Å². The molecule has 3 aliphatic rings. The molecule has 10 nitrogen and oxygen atoms in total. The molecule has 10 heteroatoms. The zero-order chi connectivity index (χ0) is 23.8. The fraction of sp³-hybridized carbons (Fsp3) is 0.500. The van der Waals surface area contributed by atoms with E-state index >= 15 is 0 Å². The Labute approximate surface area is 198 Å². The Bertz CT molecular complexity index is 1090. The van der Waals surface area contributed by atoms with Crippen molar-refractivity contribution in [2.24, 2.45) is 0 Å². The van der Waals surface area contributed by atoms with E-state index in [1.54, 1.807) is 0 Å². The van der Waals surface area contributed by atoms with Crippen molar-refractivity contribution < 1.29 is 19.4 Å². The van der Waals surface area contributed by atoms with Crippen molar-refractivity contribution in [2.45, 2.75) is 57.8 Å². The van der Waals surface area contributed by atoms with Gasteiger partial charge in [0.15, 0.2) is 5.82 Å². The van der Waals surface area contributed by atoms with Crippen molar-refractivity contribution >= 4 is 23.6 Å². The average Bonchev–Trinajstić information content (AvgIpc) is 3.55. The molecule has 2 fully saturated rings. The quantitative estimate of drug-likeness (QED) is 0.616. The Morgan fingerprint density at radius 3 is 2.62 bits per heavy atom. The Morgan fingerprint density at radius 2 is 1.97 bits per heavy atom. The molecule has 1 aromatic heterocycles. The Morgan fingerprint density at radius 1 is 1.21 bits per heavy atom. The summed E-state index contributed by atoms with van der Waals surface area (Å²) in [7, 11) is 0. The number of carbonyl (C=O) groups excluding carboxylic acids is 1. The lowest BCUT2D eigenvalue weighted by molar-refractivity contribution is 0.0981. The van der Waals surface area contributed by atoms with Crippen LogP contribution in [0.3, 0.4) is 0 Å². The van der Waals surface area contributed by atoms with Crippen LogP contribution in [0.2, 0.25) is 0 Å². The van der Waals surface area contributed by atoms with Crippen LogP contribution in [-0.4, -0.2) is 63.9 Å². The van der Waals surface area contributed by atoms with Crippen LogP contribution in [0.15, 0.2) is 24.3 Å². The summed E-state index contributed by atoms with van der Waals surface area (Å²) in [6, 6.07) is 7.34. The van der Waals surface area contributed by atoms with E-state index in [-0.39, 0.29) is 30.7 Å². The molecule has 3 N–H and O–H groups in total. The molecule has 0 bridgehead atoms. The van der Waals surface area contributed by atoms with Crippen LogP contribution in [0.25, 0.3) is 11.4 Å². The van der Waals surface area contributed by atoms with Gasteiger partial charge in [0.05, 0.1) is 37.5 Å². The zero-order valence-electron chi connectivity index (χ0n) is 19.5. The molecule has 2 aliphatic heterocycles. The van der Waals surface area contributed by atoms with Crippen LogP contribution >= 0.6 is 0 Å². The zero-order valence-corrected chi connectivity index (χ0v) is 19.5. The predicted octanol–water partition coefficient (Wildman–Crippen LogP) is 3.60. The fourth-order valence-electron chi connectivity index (χ4n) is 4.69. The maximum Gasteiger partial charge on any atom is 0.408 e. The molecular weight excluding hydrogens is 436 g/mol. The first-order valence-electron chi connectivity index (χ1n) is 11.9. The lowest BCUT2D eigenvalue weighted by Gasteiger charge is -2.36. The van der Waals surface area contributed by atoms with Gasteiger partial charge >= 0.3 is 12.1 Å². The number of carbonyl (C=O) groups is 2. The van der Waals surface area contributed by atoms with Gasteiger partial charge in [-0.2, -0.15) is 0 Å². The van der Waals surface area contributed by atoms with Gasteiger partial charge in [0, 0.05) is 29.4 Å². The Hall–Kier alpha value is -3.40. The van der Waals surface area contributed by atoms with Crippen molar-refractivity contribution in [3.05, 3.63) is 35.5 Å². The molecule has 1 aliphatic carbocycles. The van der Waals surface area contributed by atoms with Crippen molar-refractivity contribution in [3.63, 3.8) is 0 Å². The second kappa shape index (κ2) is 9.09. The first kappa shape index (κ1) is 22.4. The molecule has 5 rings (SSSR count). The van der Waals surface area contributed by atoms with E-state index in [9.17, 15) is 14.7 Å². The number of ether oxygens (including phenoxy) is 1. The van der Waals surface area contributed by atoms with Gasteiger partial charge in [-0.25, -0.2) is 19.6 Å². The van der Waals surface area contributed by atoms with Gasteiger partial charge in [0.2, 0.25) is 0 Å². The van der Waals surface area contributed by atoms with E-state index in [4.69, 9.17) is 14.7 Å². The molecule has 180 valence electrons. The maximum atomic E-state index is 12.0. The number of benzene rings is 1. The largest absolute Gasteiger partial charge is 0.465 e. The second-order valence-corrected chi connectivity index (χ2v) is 9.13. The van der Waals surface area contributed by atoms with Gasteiger partial charge in [-0.1, -0.05) is 6.92 Å². The third kappa shape index (κ3) is 4.37. The molecule has 34 heavy (non-hydrogen) atoms. The van der Waals surface area contributed by atoms with Gasteiger partial charge in [0.25, 0.3) is 0 Å². The van der Waals surface area contributed by atoms with Crippen molar-refractivity contribution in [3.8, 4) is 11.4 Å². The highest BCUT2D eigenvalue weighted by Gasteiger charge is 2.39. The lowest BCUT2D eigenvalue weighted by Crippen LogP contribution is -2.45. The number of amides is 3. The second-order valence-electron chi connectivity index (χ2n) is 9.13. The highest BCUT2D eigenvalue weighted by Crippen LogP contribution is 2.42. The van der Waals surface area contributed by atoms with E-state index in [2.05, 4.69) is 22.5 Å². The summed E-state index contributed by atoms with van der Waals surface area (Å²) in [5, 5.41) is 15.5. The highest BCUT2D eigenvalue weighted by atomic mass is 16.5. The molecule has 3 heterocycles. The molecule has 0 radical (unpaired) electrons. The van der Waals surface area contributed by atoms with Crippen LogP contribution in [0, 0.1) is 0 Å². The van der Waals surface area contributed by atoms with Crippen LogP contribution in [0.4, 0.5) is 21.1 Å². The SMILES string of the molecule is CC[C@H]1c2c(nc(-c3ccc(NC(=O)NC4CC4)cc3)nc2N2CCOCC2C)CN1C(=O)O. The number of rotatable bonds is 5. The minimum Gasteiger partial charge on any atom is -0.465 e. The Balaban J connectivity index is 1.48. The van der Waals surface area contributed by atoms with E-state index in [1.807, 2.05) is 31.2 Å². The minimum absolute atomic E-state index is 0.119. The third-order valence-electron chi connectivity index (χ3n) is 6.62. The first-order valence-corrected chi connectivity index (χ1v) is 11.9. The van der Waals surface area contributed by atoms with Crippen molar-refractivity contribution in [1.82, 2.24) is 20.2 Å². The summed E-state index contributed by atoms with van der Waals surface area (Å²) >= 11 is 0. The van der Waals surface area contributed by atoms with Gasteiger partial charge < -0.3 is 25.4 Å². The third-order valence-corrected chi connectivity index (χ3v) is 6.62. The average molecular weight is 467 g/mol. The maximum absolute atomic E-state index is 12.0. The number of hydrogen-bond donors (Lipinski definition) is 3. The number of nitrogens with one attached hydrogen (secondary N) is 2. The van der Waals surface area contributed by atoms with Crippen LogP contribution in [0.1, 0.15) is 50.4 Å². The molecule has 2 aromatic rings. The van der Waals surface area contributed by atoms with E-state index in [1.165, 1.54) is 4.90 Å². The normalized spacial score (nSPS) is 21.8. The number of urea groups is 1. The molecule has 1 saturated heterocycles. The van der Waals surface area contributed by atoms with E-state index in [0.29, 0.717) is 37.7 Å². The summed E-state index contributed by atoms with van der Waals surface area (Å²) in [6.07, 6.45) is 1.76. The number of carboxylic acid groups (broad SMARTS) is 1. The molecule has 3 amide bonds. The number of fused-ring (bicyclic) bond motifs is 1. The Kier molecular flexibility index (Phi) is 5.99. The van der Waals surface area contributed by atoms with Gasteiger partial charge in [-0.3, -0.25) is 4.90 Å². The molecule has 0 spiro atoms. The minimum atomic E-state index is -0.952. The molecular formula is C24H30N6O4. The summed E-state index contributed by atoms with van der Waals surface area (Å²) in [4.78, 5) is 37.4. The van der Waals surface area contributed by atoms with Crippen LogP contribution in [0.5, 0.6) is 0 Å². The summed E-state index contributed by atoms with van der Waals surface area (Å²) in [6.45, 7) is 6.20. The van der Waals surface area contributed by atoms with E-state index < -0.39 is 6.09 Å². The summed E-state index contributed by atoms with van der Waals surface area (Å²) in [5.74, 6) is 1.33. The van der Waals surface area contributed by atoms with Gasteiger partial charge in [-0.15, -0.1) is 0 Å². The van der Waals surface area contributed by atoms with Gasteiger partial charge in [0.1, 0.15) is 5.82 Å².